The molecule has 0 atom stereocenters. The van der Waals surface area contributed by atoms with Crippen LogP contribution < -0.4 is 5.32 Å². The third-order valence-corrected chi connectivity index (χ3v) is 7.36. The van der Waals surface area contributed by atoms with Crippen LogP contribution >= 0.6 is 0 Å². The lowest BCUT2D eigenvalue weighted by Gasteiger charge is -2.26. The summed E-state index contributed by atoms with van der Waals surface area (Å²) < 4.78 is 32.1. The molecule has 2 fully saturated rings. The molecule has 1 aromatic carbocycles. The lowest BCUT2D eigenvalue weighted by molar-refractivity contribution is -0.116. The molecule has 27 heavy (non-hydrogen) atoms. The first-order valence-electron chi connectivity index (χ1n) is 10.0. The highest BCUT2D eigenvalue weighted by Gasteiger charge is 2.26. The topological polar surface area (TPSA) is 75.7 Å². The highest BCUT2D eigenvalue weighted by molar-refractivity contribution is 7.89. The maximum Gasteiger partial charge on any atom is 0.243 e. The van der Waals surface area contributed by atoms with Crippen molar-refractivity contribution in [3.05, 3.63) is 24.3 Å². The molecule has 1 saturated heterocycles. The largest absolute Gasteiger partial charge is 0.379 e. The van der Waals surface area contributed by atoms with Gasteiger partial charge in [0.1, 0.15) is 0 Å². The minimum atomic E-state index is -3.55. The predicted octanol–water partition coefficient (Wildman–Crippen LogP) is 3.40. The molecule has 1 amide bonds. The molecule has 1 heterocycles. The Morgan fingerprint density at radius 3 is 2.63 bits per heavy atom. The first-order valence-corrected chi connectivity index (χ1v) is 11.5. The molecule has 0 spiro atoms. The summed E-state index contributed by atoms with van der Waals surface area (Å²) in [5.41, 5.74) is 0.534. The van der Waals surface area contributed by atoms with Crippen molar-refractivity contribution in [1.82, 2.24) is 4.31 Å². The van der Waals surface area contributed by atoms with E-state index >= 15 is 0 Å². The van der Waals surface area contributed by atoms with Gasteiger partial charge in [0.15, 0.2) is 0 Å². The molecule has 1 saturated carbocycles. The Bertz CT molecular complexity index is 723. The van der Waals surface area contributed by atoms with Gasteiger partial charge in [0.2, 0.25) is 15.9 Å². The van der Waals surface area contributed by atoms with E-state index in [2.05, 4.69) is 5.32 Å². The lowest BCUT2D eigenvalue weighted by Crippen LogP contribution is -2.40. The molecule has 3 rings (SSSR count). The third kappa shape index (κ3) is 5.77. The molecule has 2 aliphatic rings. The fourth-order valence-corrected chi connectivity index (χ4v) is 5.38. The normalized spacial score (nSPS) is 19.7. The van der Waals surface area contributed by atoms with Crippen LogP contribution in [0.1, 0.15) is 51.4 Å². The highest BCUT2D eigenvalue weighted by Crippen LogP contribution is 2.28. The number of morpholine rings is 1. The maximum atomic E-state index is 12.7. The van der Waals surface area contributed by atoms with Crippen molar-refractivity contribution < 1.29 is 17.9 Å². The second-order valence-electron chi connectivity index (χ2n) is 7.49. The Balaban J connectivity index is 1.52. The molecule has 0 unspecified atom stereocenters. The fraction of sp³-hybridized carbons (Fsp3) is 0.650. The van der Waals surface area contributed by atoms with Crippen LogP contribution in [0, 0.1) is 5.92 Å². The molecule has 1 aromatic rings. The average Bonchev–Trinajstić information content (AvgIpc) is 2.70. The van der Waals surface area contributed by atoms with Gasteiger partial charge in [-0.15, -0.1) is 0 Å². The molecule has 150 valence electrons. The fourth-order valence-electron chi connectivity index (χ4n) is 3.92. The number of benzene rings is 1. The average molecular weight is 395 g/mol. The number of ether oxygens (including phenoxy) is 1. The van der Waals surface area contributed by atoms with Gasteiger partial charge in [-0.25, -0.2) is 8.42 Å². The van der Waals surface area contributed by atoms with E-state index in [9.17, 15) is 13.2 Å². The van der Waals surface area contributed by atoms with Crippen LogP contribution in [0.4, 0.5) is 5.69 Å². The zero-order valence-corrected chi connectivity index (χ0v) is 16.7. The molecule has 6 nitrogen and oxygen atoms in total. The lowest BCUT2D eigenvalue weighted by atomic mass is 9.86. The summed E-state index contributed by atoms with van der Waals surface area (Å²) in [5, 5.41) is 2.85. The van der Waals surface area contributed by atoms with E-state index < -0.39 is 10.0 Å². The Morgan fingerprint density at radius 2 is 1.89 bits per heavy atom. The van der Waals surface area contributed by atoms with Gasteiger partial charge in [-0.05, 0) is 37.0 Å². The Hall–Kier alpha value is -1.44. The minimum absolute atomic E-state index is 0.0493. The van der Waals surface area contributed by atoms with Crippen LogP contribution in [0.2, 0.25) is 0 Å². The molecule has 1 aliphatic heterocycles. The number of carbonyl (C=O) groups excluding carboxylic acids is 1. The van der Waals surface area contributed by atoms with Crippen LogP contribution in [0.5, 0.6) is 0 Å². The van der Waals surface area contributed by atoms with Crippen molar-refractivity contribution in [2.75, 3.05) is 31.6 Å². The van der Waals surface area contributed by atoms with E-state index in [1.807, 2.05) is 0 Å². The third-order valence-electron chi connectivity index (χ3n) is 5.47. The minimum Gasteiger partial charge on any atom is -0.379 e. The monoisotopic (exact) mass is 394 g/mol. The van der Waals surface area contributed by atoms with E-state index in [1.165, 1.54) is 36.4 Å². The molecular formula is C20H30N2O4S. The SMILES string of the molecule is O=C(CCCC1CCCCC1)Nc1cccc(S(=O)(=O)N2CCOCC2)c1. The number of carbonyl (C=O) groups is 1. The van der Waals surface area contributed by atoms with Gasteiger partial charge in [0.25, 0.3) is 0 Å². The highest BCUT2D eigenvalue weighted by atomic mass is 32.2. The molecule has 0 aromatic heterocycles. The van der Waals surface area contributed by atoms with Gasteiger partial charge >= 0.3 is 0 Å². The van der Waals surface area contributed by atoms with E-state index in [-0.39, 0.29) is 10.8 Å². The standard InChI is InChI=1S/C20H30N2O4S/c23-20(11-4-8-17-6-2-1-3-7-17)21-18-9-5-10-19(16-18)27(24,25)22-12-14-26-15-13-22/h5,9-10,16-17H,1-4,6-8,11-15H2,(H,21,23). The summed E-state index contributed by atoms with van der Waals surface area (Å²) in [5.74, 6) is 0.722. The Labute approximate surface area is 162 Å². The molecule has 0 radical (unpaired) electrons. The van der Waals surface area contributed by atoms with Crippen LogP contribution in [0.15, 0.2) is 29.2 Å². The van der Waals surface area contributed by atoms with Crippen molar-refractivity contribution in [2.45, 2.75) is 56.3 Å². The number of nitrogens with one attached hydrogen (secondary N) is 1. The van der Waals surface area contributed by atoms with E-state index in [1.54, 1.807) is 24.3 Å². The van der Waals surface area contributed by atoms with Gasteiger partial charge in [0.05, 0.1) is 18.1 Å². The second kappa shape index (κ2) is 9.66. The first-order chi connectivity index (χ1) is 13.1. The van der Waals surface area contributed by atoms with E-state index in [0.717, 1.165) is 18.8 Å². The van der Waals surface area contributed by atoms with Crippen LogP contribution in [0.3, 0.4) is 0 Å². The van der Waals surface area contributed by atoms with Crippen LogP contribution in [0.25, 0.3) is 0 Å². The summed E-state index contributed by atoms with van der Waals surface area (Å²) in [7, 11) is -3.55. The van der Waals surface area contributed by atoms with Gasteiger partial charge in [-0.1, -0.05) is 38.2 Å². The maximum absolute atomic E-state index is 12.7. The van der Waals surface area contributed by atoms with Gasteiger partial charge in [-0.2, -0.15) is 4.31 Å². The number of amides is 1. The number of hydrogen-bond donors (Lipinski definition) is 1. The summed E-state index contributed by atoms with van der Waals surface area (Å²) >= 11 is 0. The zero-order chi connectivity index (χ0) is 19.1. The van der Waals surface area contributed by atoms with E-state index in [4.69, 9.17) is 4.74 Å². The quantitative estimate of drug-likeness (QED) is 0.769. The summed E-state index contributed by atoms with van der Waals surface area (Å²) in [4.78, 5) is 12.4. The number of sulfonamides is 1. The van der Waals surface area contributed by atoms with Crippen molar-refractivity contribution in [2.24, 2.45) is 5.92 Å². The summed E-state index contributed by atoms with van der Waals surface area (Å²) in [6, 6.07) is 6.52. The van der Waals surface area contributed by atoms with Crippen molar-refractivity contribution in [3.63, 3.8) is 0 Å². The molecule has 0 bridgehead atoms. The van der Waals surface area contributed by atoms with E-state index in [0.29, 0.717) is 38.4 Å². The number of nitrogens with zero attached hydrogens (tertiary/aromatic N) is 1. The van der Waals surface area contributed by atoms with Crippen molar-refractivity contribution in [1.29, 1.82) is 0 Å². The van der Waals surface area contributed by atoms with Crippen molar-refractivity contribution >= 4 is 21.6 Å². The van der Waals surface area contributed by atoms with Crippen LogP contribution in [-0.2, 0) is 19.6 Å². The number of anilines is 1. The summed E-state index contributed by atoms with van der Waals surface area (Å²) in [6.07, 6.45) is 9.06. The second-order valence-corrected chi connectivity index (χ2v) is 9.43. The van der Waals surface area contributed by atoms with Gasteiger partial charge in [-0.3, -0.25) is 4.79 Å². The first kappa shape index (κ1) is 20.3. The van der Waals surface area contributed by atoms with Crippen LogP contribution in [-0.4, -0.2) is 44.9 Å². The van der Waals surface area contributed by atoms with Gasteiger partial charge < -0.3 is 10.1 Å². The summed E-state index contributed by atoms with van der Waals surface area (Å²) in [6.45, 7) is 1.55. The Morgan fingerprint density at radius 1 is 1.15 bits per heavy atom. The number of rotatable bonds is 7. The Kier molecular flexibility index (Phi) is 7.26. The number of hydrogen-bond acceptors (Lipinski definition) is 4. The smallest absolute Gasteiger partial charge is 0.243 e. The molecule has 1 aliphatic carbocycles. The molecular weight excluding hydrogens is 364 g/mol. The molecule has 7 heteroatoms. The van der Waals surface area contributed by atoms with Gasteiger partial charge in [0, 0.05) is 25.2 Å². The predicted molar refractivity (Wildman–Crippen MR) is 105 cm³/mol. The molecule has 1 N–H and O–H groups in total. The van der Waals surface area contributed by atoms with Crippen molar-refractivity contribution in [3.8, 4) is 0 Å². The zero-order valence-electron chi connectivity index (χ0n) is 15.9.